The summed E-state index contributed by atoms with van der Waals surface area (Å²) in [4.78, 5) is 22.8. The molecule has 1 fully saturated rings. The molecule has 1 aliphatic rings. The van der Waals surface area contributed by atoms with Gasteiger partial charge < -0.3 is 15.4 Å². The zero-order valence-electron chi connectivity index (χ0n) is 10.9. The molecule has 102 valence electrons. The Morgan fingerprint density at radius 2 is 2.37 bits per heavy atom. The van der Waals surface area contributed by atoms with Gasteiger partial charge >= 0.3 is 0 Å². The van der Waals surface area contributed by atoms with Crippen molar-refractivity contribution in [1.29, 1.82) is 0 Å². The number of ether oxygens (including phenoxy) is 1. The minimum Gasteiger partial charge on any atom is -0.497 e. The first-order valence-electron chi connectivity index (χ1n) is 6.39. The van der Waals surface area contributed by atoms with Crippen molar-refractivity contribution in [3.8, 4) is 5.75 Å². The van der Waals surface area contributed by atoms with Crippen LogP contribution in [0.3, 0.4) is 0 Å². The lowest BCUT2D eigenvalue weighted by atomic mass is 10.1. The molecule has 0 aromatic heterocycles. The second kappa shape index (κ2) is 6.22. The molecular formula is C14H18N2O3. The number of carbonyl (C=O) groups excluding carboxylic acids is 2. The average Bonchev–Trinajstić information content (AvgIpc) is 2.86. The van der Waals surface area contributed by atoms with Crippen LogP contribution in [0.2, 0.25) is 0 Å². The molecule has 0 bridgehead atoms. The first kappa shape index (κ1) is 13.4. The SMILES string of the molecule is COc1cccc(CCNC(=O)C2CCC(=O)N2)c1. The van der Waals surface area contributed by atoms with Gasteiger partial charge in [-0.15, -0.1) is 0 Å². The number of amides is 2. The molecule has 5 heteroatoms. The monoisotopic (exact) mass is 262 g/mol. The Hall–Kier alpha value is -2.04. The van der Waals surface area contributed by atoms with E-state index in [9.17, 15) is 9.59 Å². The summed E-state index contributed by atoms with van der Waals surface area (Å²) in [5.74, 6) is 0.661. The Morgan fingerprint density at radius 1 is 1.53 bits per heavy atom. The van der Waals surface area contributed by atoms with Crippen LogP contribution in [0.1, 0.15) is 18.4 Å². The highest BCUT2D eigenvalue weighted by atomic mass is 16.5. The lowest BCUT2D eigenvalue weighted by molar-refractivity contribution is -0.125. The van der Waals surface area contributed by atoms with E-state index >= 15 is 0 Å². The number of hydrogen-bond donors (Lipinski definition) is 2. The number of benzene rings is 1. The van der Waals surface area contributed by atoms with E-state index in [0.717, 1.165) is 17.7 Å². The fourth-order valence-electron chi connectivity index (χ4n) is 2.09. The Balaban J connectivity index is 1.76. The standard InChI is InChI=1S/C14H18N2O3/c1-19-11-4-2-3-10(9-11)7-8-15-14(18)12-5-6-13(17)16-12/h2-4,9,12H,5-8H2,1H3,(H,15,18)(H,16,17). The molecule has 1 heterocycles. The van der Waals surface area contributed by atoms with Crippen LogP contribution in [-0.4, -0.2) is 31.5 Å². The van der Waals surface area contributed by atoms with Crippen LogP contribution >= 0.6 is 0 Å². The van der Waals surface area contributed by atoms with Crippen LogP contribution in [0.15, 0.2) is 24.3 Å². The Morgan fingerprint density at radius 3 is 3.05 bits per heavy atom. The van der Waals surface area contributed by atoms with E-state index in [1.54, 1.807) is 7.11 Å². The first-order valence-corrected chi connectivity index (χ1v) is 6.39. The fraction of sp³-hybridized carbons (Fsp3) is 0.429. The summed E-state index contributed by atoms with van der Waals surface area (Å²) in [6.45, 7) is 0.554. The summed E-state index contributed by atoms with van der Waals surface area (Å²) in [6, 6.07) is 7.39. The molecule has 2 amide bonds. The zero-order valence-corrected chi connectivity index (χ0v) is 10.9. The van der Waals surface area contributed by atoms with E-state index in [2.05, 4.69) is 10.6 Å². The Kier molecular flexibility index (Phi) is 4.39. The molecule has 19 heavy (non-hydrogen) atoms. The van der Waals surface area contributed by atoms with Crippen molar-refractivity contribution in [2.24, 2.45) is 0 Å². The quantitative estimate of drug-likeness (QED) is 0.818. The molecule has 0 radical (unpaired) electrons. The average molecular weight is 262 g/mol. The second-order valence-electron chi connectivity index (χ2n) is 4.55. The Labute approximate surface area is 112 Å². The second-order valence-corrected chi connectivity index (χ2v) is 4.55. The van der Waals surface area contributed by atoms with Gasteiger partial charge in [-0.1, -0.05) is 12.1 Å². The maximum absolute atomic E-state index is 11.8. The molecule has 2 N–H and O–H groups in total. The van der Waals surface area contributed by atoms with Gasteiger partial charge in [0.05, 0.1) is 7.11 Å². The molecule has 1 unspecified atom stereocenters. The molecule has 1 atom stereocenters. The third kappa shape index (κ3) is 3.71. The topological polar surface area (TPSA) is 67.4 Å². The van der Waals surface area contributed by atoms with E-state index in [1.165, 1.54) is 0 Å². The smallest absolute Gasteiger partial charge is 0.242 e. The largest absolute Gasteiger partial charge is 0.497 e. The summed E-state index contributed by atoms with van der Waals surface area (Å²) in [7, 11) is 1.63. The molecule has 1 aromatic rings. The van der Waals surface area contributed by atoms with Crippen LogP contribution < -0.4 is 15.4 Å². The van der Waals surface area contributed by atoms with Gasteiger partial charge in [0.1, 0.15) is 11.8 Å². The van der Waals surface area contributed by atoms with Crippen molar-refractivity contribution in [2.45, 2.75) is 25.3 Å². The van der Waals surface area contributed by atoms with Crippen molar-refractivity contribution in [1.82, 2.24) is 10.6 Å². The van der Waals surface area contributed by atoms with Crippen molar-refractivity contribution in [2.75, 3.05) is 13.7 Å². The molecular weight excluding hydrogens is 244 g/mol. The number of nitrogens with one attached hydrogen (secondary N) is 2. The lowest BCUT2D eigenvalue weighted by Crippen LogP contribution is -2.42. The van der Waals surface area contributed by atoms with Gasteiger partial charge in [0.25, 0.3) is 0 Å². The minimum atomic E-state index is -0.363. The summed E-state index contributed by atoms with van der Waals surface area (Å²) in [5, 5.41) is 5.49. The summed E-state index contributed by atoms with van der Waals surface area (Å²) < 4.78 is 5.14. The molecule has 0 saturated carbocycles. The Bertz CT molecular complexity index is 474. The van der Waals surface area contributed by atoms with Crippen molar-refractivity contribution in [3.05, 3.63) is 29.8 Å². The van der Waals surface area contributed by atoms with Gasteiger partial charge in [0.15, 0.2) is 0 Å². The summed E-state index contributed by atoms with van der Waals surface area (Å²) in [6.07, 6.45) is 1.77. The maximum atomic E-state index is 11.8. The molecule has 0 spiro atoms. The fourth-order valence-corrected chi connectivity index (χ4v) is 2.09. The van der Waals surface area contributed by atoms with Crippen LogP contribution in [-0.2, 0) is 16.0 Å². The van der Waals surface area contributed by atoms with Crippen LogP contribution in [0.25, 0.3) is 0 Å². The maximum Gasteiger partial charge on any atom is 0.242 e. The number of hydrogen-bond acceptors (Lipinski definition) is 3. The van der Waals surface area contributed by atoms with Crippen molar-refractivity contribution in [3.63, 3.8) is 0 Å². The first-order chi connectivity index (χ1) is 9.19. The minimum absolute atomic E-state index is 0.0482. The molecule has 1 saturated heterocycles. The van der Waals surface area contributed by atoms with Gasteiger partial charge in [-0.3, -0.25) is 9.59 Å². The van der Waals surface area contributed by atoms with Crippen molar-refractivity contribution < 1.29 is 14.3 Å². The molecule has 1 aliphatic heterocycles. The molecule has 1 aromatic carbocycles. The van der Waals surface area contributed by atoms with E-state index in [0.29, 0.717) is 19.4 Å². The van der Waals surface area contributed by atoms with Crippen LogP contribution in [0.4, 0.5) is 0 Å². The summed E-state index contributed by atoms with van der Waals surface area (Å²) in [5.41, 5.74) is 1.11. The highest BCUT2D eigenvalue weighted by Crippen LogP contribution is 2.12. The number of carbonyl (C=O) groups is 2. The van der Waals surface area contributed by atoms with Gasteiger partial charge in [-0.25, -0.2) is 0 Å². The number of rotatable bonds is 5. The van der Waals surface area contributed by atoms with E-state index in [-0.39, 0.29) is 17.9 Å². The normalized spacial score (nSPS) is 17.9. The highest BCUT2D eigenvalue weighted by molar-refractivity contribution is 5.90. The molecule has 5 nitrogen and oxygen atoms in total. The third-order valence-corrected chi connectivity index (χ3v) is 3.16. The zero-order chi connectivity index (χ0) is 13.7. The molecule has 2 rings (SSSR count). The van der Waals surface area contributed by atoms with E-state index < -0.39 is 0 Å². The van der Waals surface area contributed by atoms with Gasteiger partial charge in [-0.2, -0.15) is 0 Å². The predicted molar refractivity (Wildman–Crippen MR) is 70.9 cm³/mol. The summed E-state index contributed by atoms with van der Waals surface area (Å²) >= 11 is 0. The van der Waals surface area contributed by atoms with Gasteiger partial charge in [0, 0.05) is 13.0 Å². The third-order valence-electron chi connectivity index (χ3n) is 3.16. The lowest BCUT2D eigenvalue weighted by Gasteiger charge is -2.11. The van der Waals surface area contributed by atoms with Gasteiger partial charge in [-0.05, 0) is 30.5 Å². The van der Waals surface area contributed by atoms with Gasteiger partial charge in [0.2, 0.25) is 11.8 Å². The predicted octanol–water partition coefficient (Wildman–Crippen LogP) is 0.632. The van der Waals surface area contributed by atoms with Crippen LogP contribution in [0, 0.1) is 0 Å². The highest BCUT2D eigenvalue weighted by Gasteiger charge is 2.26. The van der Waals surface area contributed by atoms with Crippen LogP contribution in [0.5, 0.6) is 5.75 Å². The van der Waals surface area contributed by atoms with E-state index in [1.807, 2.05) is 24.3 Å². The van der Waals surface area contributed by atoms with E-state index in [4.69, 9.17) is 4.74 Å². The van der Waals surface area contributed by atoms with Crippen molar-refractivity contribution >= 4 is 11.8 Å². The molecule has 0 aliphatic carbocycles. The number of methoxy groups -OCH3 is 1.